The van der Waals surface area contributed by atoms with Gasteiger partial charge in [-0.1, -0.05) is 30.3 Å². The molecule has 1 N–H and O–H groups in total. The summed E-state index contributed by atoms with van der Waals surface area (Å²) in [6.07, 6.45) is 0.260. The lowest BCUT2D eigenvalue weighted by Gasteiger charge is -2.05. The van der Waals surface area contributed by atoms with E-state index in [-0.39, 0.29) is 30.8 Å². The van der Waals surface area contributed by atoms with Crippen molar-refractivity contribution in [3.05, 3.63) is 35.9 Å². The van der Waals surface area contributed by atoms with Crippen molar-refractivity contribution < 1.29 is 9.59 Å². The van der Waals surface area contributed by atoms with Crippen molar-refractivity contribution in [2.75, 3.05) is 13.1 Å². The number of nitrogens with zero attached hydrogens (tertiary/aromatic N) is 2. The Morgan fingerprint density at radius 3 is 2.72 bits per heavy atom. The van der Waals surface area contributed by atoms with E-state index in [0.29, 0.717) is 6.54 Å². The Bertz CT molecular complexity index is 493. The highest BCUT2D eigenvalue weighted by atomic mass is 16.2. The molecule has 5 heteroatoms. The Morgan fingerprint density at radius 2 is 2.11 bits per heavy atom. The van der Waals surface area contributed by atoms with Gasteiger partial charge in [-0.25, -0.2) is 0 Å². The lowest BCUT2D eigenvalue weighted by molar-refractivity contribution is -0.128. The maximum absolute atomic E-state index is 11.6. The van der Waals surface area contributed by atoms with Crippen LogP contribution in [0.1, 0.15) is 5.56 Å². The number of carbonyl (C=O) groups is 2. The van der Waals surface area contributed by atoms with Gasteiger partial charge in [-0.3, -0.25) is 9.59 Å². The molecule has 1 atom stereocenters. The summed E-state index contributed by atoms with van der Waals surface area (Å²) in [6.45, 7) is 0.438. The Morgan fingerprint density at radius 1 is 1.39 bits per heavy atom. The average molecular weight is 243 g/mol. The smallest absolute Gasteiger partial charge is 0.243 e. The van der Waals surface area contributed by atoms with Crippen LogP contribution < -0.4 is 5.32 Å². The molecule has 1 aromatic carbocycles. The van der Waals surface area contributed by atoms with Gasteiger partial charge in [0.05, 0.1) is 25.6 Å². The van der Waals surface area contributed by atoms with Gasteiger partial charge in [0.1, 0.15) is 6.04 Å². The molecule has 0 bridgehead atoms. The zero-order valence-electron chi connectivity index (χ0n) is 9.80. The van der Waals surface area contributed by atoms with Crippen molar-refractivity contribution >= 4 is 11.8 Å². The van der Waals surface area contributed by atoms with Gasteiger partial charge >= 0.3 is 0 Å². The zero-order valence-corrected chi connectivity index (χ0v) is 9.80. The third-order valence-electron chi connectivity index (χ3n) is 2.73. The van der Waals surface area contributed by atoms with E-state index in [4.69, 9.17) is 5.26 Å². The first-order valence-electron chi connectivity index (χ1n) is 5.70. The summed E-state index contributed by atoms with van der Waals surface area (Å²) < 4.78 is 0. The van der Waals surface area contributed by atoms with Crippen LogP contribution in [0.3, 0.4) is 0 Å². The molecule has 1 unspecified atom stereocenters. The summed E-state index contributed by atoms with van der Waals surface area (Å²) in [5.74, 6) is -0.395. The van der Waals surface area contributed by atoms with Crippen LogP contribution in [0.5, 0.6) is 0 Å². The number of hydrogen-bond donors (Lipinski definition) is 1. The van der Waals surface area contributed by atoms with Crippen LogP contribution in [0.15, 0.2) is 30.3 Å². The third-order valence-corrected chi connectivity index (χ3v) is 2.73. The van der Waals surface area contributed by atoms with E-state index in [0.717, 1.165) is 5.56 Å². The lowest BCUT2D eigenvalue weighted by Crippen LogP contribution is -2.34. The zero-order chi connectivity index (χ0) is 13.0. The molecule has 0 aromatic heterocycles. The summed E-state index contributed by atoms with van der Waals surface area (Å²) in [6, 6.07) is 11.0. The summed E-state index contributed by atoms with van der Waals surface area (Å²) >= 11 is 0. The Balaban J connectivity index is 1.73. The highest BCUT2D eigenvalue weighted by Gasteiger charge is 2.38. The quantitative estimate of drug-likeness (QED) is 0.761. The predicted molar refractivity (Wildman–Crippen MR) is 64.3 cm³/mol. The van der Waals surface area contributed by atoms with Crippen molar-refractivity contribution in [1.82, 2.24) is 10.2 Å². The minimum atomic E-state index is -0.302. The molecule has 0 saturated carbocycles. The number of hydrogen-bond acceptors (Lipinski definition) is 3. The highest BCUT2D eigenvalue weighted by Crippen LogP contribution is 2.15. The SMILES string of the molecule is N#CC1CN1C(=O)CNC(=O)Cc1ccccc1. The summed E-state index contributed by atoms with van der Waals surface area (Å²) in [4.78, 5) is 24.5. The second-order valence-corrected chi connectivity index (χ2v) is 4.13. The molecule has 2 rings (SSSR count). The molecule has 5 nitrogen and oxygen atoms in total. The van der Waals surface area contributed by atoms with Gasteiger partial charge in [0.25, 0.3) is 0 Å². The Labute approximate surface area is 105 Å². The molecule has 1 aromatic rings. The van der Waals surface area contributed by atoms with Crippen LogP contribution in [-0.4, -0.2) is 35.8 Å². The van der Waals surface area contributed by atoms with Gasteiger partial charge in [0.2, 0.25) is 11.8 Å². The molecule has 92 valence electrons. The number of benzene rings is 1. The van der Waals surface area contributed by atoms with Gasteiger partial charge < -0.3 is 10.2 Å². The molecule has 2 amide bonds. The monoisotopic (exact) mass is 243 g/mol. The lowest BCUT2D eigenvalue weighted by atomic mass is 10.1. The van der Waals surface area contributed by atoms with Crippen molar-refractivity contribution in [2.24, 2.45) is 0 Å². The molecular weight excluding hydrogens is 230 g/mol. The summed E-state index contributed by atoms with van der Waals surface area (Å²) in [7, 11) is 0. The molecular formula is C13H13N3O2. The molecule has 1 saturated heterocycles. The topological polar surface area (TPSA) is 73.0 Å². The van der Waals surface area contributed by atoms with Crippen LogP contribution >= 0.6 is 0 Å². The number of nitriles is 1. The molecule has 1 heterocycles. The molecule has 18 heavy (non-hydrogen) atoms. The number of carbonyl (C=O) groups excluding carboxylic acids is 2. The van der Waals surface area contributed by atoms with E-state index in [1.54, 1.807) is 0 Å². The van der Waals surface area contributed by atoms with E-state index < -0.39 is 0 Å². The van der Waals surface area contributed by atoms with E-state index in [2.05, 4.69) is 5.32 Å². The third kappa shape index (κ3) is 3.08. The summed E-state index contributed by atoms with van der Waals surface area (Å²) in [5.41, 5.74) is 0.907. The fourth-order valence-electron chi connectivity index (χ4n) is 1.64. The standard InChI is InChI=1S/C13H13N3O2/c14-7-11-9-16(11)13(18)8-15-12(17)6-10-4-2-1-3-5-10/h1-5,11H,6,8-9H2,(H,15,17). The largest absolute Gasteiger partial charge is 0.347 e. The van der Waals surface area contributed by atoms with Gasteiger partial charge in [0.15, 0.2) is 0 Å². The summed E-state index contributed by atoms with van der Waals surface area (Å²) in [5, 5.41) is 11.1. The fourth-order valence-corrected chi connectivity index (χ4v) is 1.64. The molecule has 0 aliphatic carbocycles. The highest BCUT2D eigenvalue weighted by molar-refractivity contribution is 5.87. The van der Waals surface area contributed by atoms with E-state index >= 15 is 0 Å². The minimum Gasteiger partial charge on any atom is -0.347 e. The van der Waals surface area contributed by atoms with E-state index in [1.165, 1.54) is 4.90 Å². The first kappa shape index (κ1) is 12.1. The number of rotatable bonds is 4. The van der Waals surface area contributed by atoms with Gasteiger partial charge in [-0.2, -0.15) is 5.26 Å². The first-order chi connectivity index (χ1) is 8.70. The minimum absolute atomic E-state index is 0.0379. The van der Waals surface area contributed by atoms with Crippen LogP contribution in [0.25, 0.3) is 0 Å². The Hall–Kier alpha value is -2.35. The molecule has 1 fully saturated rings. The molecule has 1 aliphatic heterocycles. The molecule has 1 aliphatic rings. The van der Waals surface area contributed by atoms with Gasteiger partial charge in [-0.15, -0.1) is 0 Å². The van der Waals surface area contributed by atoms with Crippen molar-refractivity contribution in [1.29, 1.82) is 5.26 Å². The second kappa shape index (κ2) is 5.32. The normalized spacial score (nSPS) is 16.8. The van der Waals surface area contributed by atoms with Gasteiger partial charge in [0, 0.05) is 0 Å². The van der Waals surface area contributed by atoms with Crippen LogP contribution in [0.2, 0.25) is 0 Å². The van der Waals surface area contributed by atoms with Crippen LogP contribution in [0.4, 0.5) is 0 Å². The Kier molecular flexibility index (Phi) is 3.58. The maximum atomic E-state index is 11.6. The van der Waals surface area contributed by atoms with Gasteiger partial charge in [-0.05, 0) is 5.56 Å². The number of nitrogens with one attached hydrogen (secondary N) is 1. The fraction of sp³-hybridized carbons (Fsp3) is 0.308. The molecule has 0 radical (unpaired) electrons. The van der Waals surface area contributed by atoms with Crippen LogP contribution in [-0.2, 0) is 16.0 Å². The van der Waals surface area contributed by atoms with Crippen molar-refractivity contribution in [2.45, 2.75) is 12.5 Å². The van der Waals surface area contributed by atoms with Crippen molar-refractivity contribution in [3.63, 3.8) is 0 Å². The van der Waals surface area contributed by atoms with Crippen LogP contribution in [0, 0.1) is 11.3 Å². The predicted octanol–water partition coefficient (Wildman–Crippen LogP) is 0.0797. The van der Waals surface area contributed by atoms with Crippen molar-refractivity contribution in [3.8, 4) is 6.07 Å². The van der Waals surface area contributed by atoms with E-state index in [9.17, 15) is 9.59 Å². The molecule has 0 spiro atoms. The number of amides is 2. The first-order valence-corrected chi connectivity index (χ1v) is 5.70. The second-order valence-electron chi connectivity index (χ2n) is 4.13. The van der Waals surface area contributed by atoms with E-state index in [1.807, 2.05) is 36.4 Å². The average Bonchev–Trinajstić information content (AvgIpc) is 3.16. The maximum Gasteiger partial charge on any atom is 0.243 e.